The number of pyridine rings is 1. The van der Waals surface area contributed by atoms with E-state index in [1.54, 1.807) is 6.20 Å². The van der Waals surface area contributed by atoms with Gasteiger partial charge in [0.15, 0.2) is 0 Å². The molecular formula is C21H26N4O. The highest BCUT2D eigenvalue weighted by atomic mass is 16.2. The SMILES string of the molecule is CCN1CCN(c2ccnc(C(=O)N3CCCc4ccccc43)c2)CC1. The third-order valence-corrected chi connectivity index (χ3v) is 5.50. The Morgan fingerprint density at radius 2 is 1.88 bits per heavy atom. The van der Waals surface area contributed by atoms with Crippen LogP contribution in [0, 0.1) is 0 Å². The van der Waals surface area contributed by atoms with Crippen molar-refractivity contribution in [3.8, 4) is 0 Å². The van der Waals surface area contributed by atoms with Crippen LogP contribution in [0.25, 0.3) is 0 Å². The molecule has 2 aliphatic rings. The molecule has 4 rings (SSSR count). The topological polar surface area (TPSA) is 39.7 Å². The second-order valence-electron chi connectivity index (χ2n) is 7.01. The van der Waals surface area contributed by atoms with Crippen molar-refractivity contribution in [3.63, 3.8) is 0 Å². The van der Waals surface area contributed by atoms with Gasteiger partial charge >= 0.3 is 0 Å². The molecule has 26 heavy (non-hydrogen) atoms. The van der Waals surface area contributed by atoms with Crippen molar-refractivity contribution >= 4 is 17.3 Å². The van der Waals surface area contributed by atoms with Gasteiger partial charge in [-0.1, -0.05) is 25.1 Å². The van der Waals surface area contributed by atoms with Gasteiger partial charge in [0.1, 0.15) is 5.69 Å². The van der Waals surface area contributed by atoms with Crippen LogP contribution < -0.4 is 9.80 Å². The number of carbonyl (C=O) groups is 1. The Kier molecular flexibility index (Phi) is 4.89. The number of likely N-dealkylation sites (N-methyl/N-ethyl adjacent to an activating group) is 1. The molecule has 0 aliphatic carbocycles. The number of anilines is 2. The van der Waals surface area contributed by atoms with Crippen LogP contribution in [0.15, 0.2) is 42.6 Å². The minimum Gasteiger partial charge on any atom is -0.369 e. The van der Waals surface area contributed by atoms with Crippen LogP contribution in [0.3, 0.4) is 0 Å². The Morgan fingerprint density at radius 1 is 1.08 bits per heavy atom. The van der Waals surface area contributed by atoms with Crippen LogP contribution >= 0.6 is 0 Å². The number of para-hydroxylation sites is 1. The van der Waals surface area contributed by atoms with E-state index in [0.717, 1.165) is 63.5 Å². The van der Waals surface area contributed by atoms with Crippen molar-refractivity contribution in [1.82, 2.24) is 9.88 Å². The molecule has 0 radical (unpaired) electrons. The first-order chi connectivity index (χ1) is 12.8. The number of carbonyl (C=O) groups excluding carboxylic acids is 1. The summed E-state index contributed by atoms with van der Waals surface area (Å²) in [6.07, 6.45) is 3.81. The smallest absolute Gasteiger partial charge is 0.276 e. The van der Waals surface area contributed by atoms with E-state index in [1.807, 2.05) is 35.2 Å². The first-order valence-corrected chi connectivity index (χ1v) is 9.59. The van der Waals surface area contributed by atoms with Crippen LogP contribution in [-0.2, 0) is 6.42 Å². The van der Waals surface area contributed by atoms with E-state index in [9.17, 15) is 4.79 Å². The van der Waals surface area contributed by atoms with Crippen LogP contribution in [0.4, 0.5) is 11.4 Å². The number of aryl methyl sites for hydroxylation is 1. The van der Waals surface area contributed by atoms with Gasteiger partial charge in [0.05, 0.1) is 0 Å². The summed E-state index contributed by atoms with van der Waals surface area (Å²) in [6, 6.07) is 12.2. The highest BCUT2D eigenvalue weighted by Crippen LogP contribution is 2.28. The van der Waals surface area contributed by atoms with E-state index < -0.39 is 0 Å². The number of hydrogen-bond acceptors (Lipinski definition) is 4. The van der Waals surface area contributed by atoms with Crippen LogP contribution in [0.1, 0.15) is 29.4 Å². The van der Waals surface area contributed by atoms with E-state index in [0.29, 0.717) is 5.69 Å². The predicted molar refractivity (Wildman–Crippen MR) is 105 cm³/mol. The first kappa shape index (κ1) is 17.0. The second kappa shape index (κ2) is 7.46. The average Bonchev–Trinajstić information content (AvgIpc) is 2.73. The van der Waals surface area contributed by atoms with Gasteiger partial charge in [-0.15, -0.1) is 0 Å². The predicted octanol–water partition coefficient (Wildman–Crippen LogP) is 2.82. The zero-order chi connectivity index (χ0) is 17.9. The number of fused-ring (bicyclic) bond motifs is 1. The van der Waals surface area contributed by atoms with E-state index in [2.05, 4.69) is 27.8 Å². The Balaban J connectivity index is 1.55. The van der Waals surface area contributed by atoms with Crippen LogP contribution in [0.5, 0.6) is 0 Å². The average molecular weight is 350 g/mol. The molecule has 0 unspecified atom stereocenters. The summed E-state index contributed by atoms with van der Waals surface area (Å²) in [5, 5.41) is 0. The highest BCUT2D eigenvalue weighted by Gasteiger charge is 2.25. The molecule has 1 saturated heterocycles. The maximum Gasteiger partial charge on any atom is 0.276 e. The molecule has 0 atom stereocenters. The number of aromatic nitrogens is 1. The molecule has 1 fully saturated rings. The van der Waals surface area contributed by atoms with E-state index in [1.165, 1.54) is 5.56 Å². The molecule has 2 aliphatic heterocycles. The zero-order valence-electron chi connectivity index (χ0n) is 15.4. The van der Waals surface area contributed by atoms with Gasteiger partial charge in [0, 0.05) is 50.3 Å². The minimum absolute atomic E-state index is 0.00574. The quantitative estimate of drug-likeness (QED) is 0.853. The van der Waals surface area contributed by atoms with Crippen LogP contribution in [-0.4, -0.2) is 55.1 Å². The number of rotatable bonds is 3. The molecule has 5 heteroatoms. The van der Waals surface area contributed by atoms with Gasteiger partial charge in [0.2, 0.25) is 0 Å². The van der Waals surface area contributed by atoms with Gasteiger partial charge in [0.25, 0.3) is 5.91 Å². The van der Waals surface area contributed by atoms with Crippen molar-refractivity contribution in [1.29, 1.82) is 0 Å². The van der Waals surface area contributed by atoms with Crippen molar-refractivity contribution in [2.24, 2.45) is 0 Å². The molecular weight excluding hydrogens is 324 g/mol. The van der Waals surface area contributed by atoms with Crippen molar-refractivity contribution < 1.29 is 4.79 Å². The molecule has 1 aromatic carbocycles. The fourth-order valence-corrected chi connectivity index (χ4v) is 3.94. The van der Waals surface area contributed by atoms with E-state index >= 15 is 0 Å². The summed E-state index contributed by atoms with van der Waals surface area (Å²) >= 11 is 0. The van der Waals surface area contributed by atoms with Gasteiger partial charge in [-0.3, -0.25) is 9.78 Å². The number of nitrogens with zero attached hydrogens (tertiary/aromatic N) is 4. The summed E-state index contributed by atoms with van der Waals surface area (Å²) in [5.41, 5.74) is 3.92. The fourth-order valence-electron chi connectivity index (χ4n) is 3.94. The standard InChI is InChI=1S/C21H26N4O/c1-2-23-12-14-24(15-13-23)18-9-10-22-19(16-18)21(26)25-11-5-7-17-6-3-4-8-20(17)25/h3-4,6,8-10,16H,2,5,7,11-15H2,1H3. The molecule has 1 aromatic heterocycles. The zero-order valence-corrected chi connectivity index (χ0v) is 15.4. The Hall–Kier alpha value is -2.40. The van der Waals surface area contributed by atoms with Gasteiger partial charge in [-0.25, -0.2) is 0 Å². The van der Waals surface area contributed by atoms with Crippen molar-refractivity contribution in [2.75, 3.05) is 49.1 Å². The lowest BCUT2D eigenvalue weighted by Gasteiger charge is -2.35. The monoisotopic (exact) mass is 350 g/mol. The van der Waals surface area contributed by atoms with E-state index in [4.69, 9.17) is 0 Å². The summed E-state index contributed by atoms with van der Waals surface area (Å²) in [7, 11) is 0. The summed E-state index contributed by atoms with van der Waals surface area (Å²) in [6.45, 7) is 8.20. The molecule has 0 saturated carbocycles. The molecule has 2 aromatic rings. The molecule has 5 nitrogen and oxygen atoms in total. The maximum atomic E-state index is 13.1. The molecule has 1 amide bonds. The first-order valence-electron chi connectivity index (χ1n) is 9.59. The molecule has 0 bridgehead atoms. The molecule has 3 heterocycles. The Morgan fingerprint density at radius 3 is 2.69 bits per heavy atom. The summed E-state index contributed by atoms with van der Waals surface area (Å²) in [5.74, 6) is 0.00574. The lowest BCUT2D eigenvalue weighted by atomic mass is 10.0. The summed E-state index contributed by atoms with van der Waals surface area (Å²) < 4.78 is 0. The normalized spacial score (nSPS) is 17.9. The molecule has 136 valence electrons. The summed E-state index contributed by atoms with van der Waals surface area (Å²) in [4.78, 5) is 24.2. The minimum atomic E-state index is 0.00574. The number of hydrogen-bond donors (Lipinski definition) is 0. The third kappa shape index (κ3) is 3.31. The lowest BCUT2D eigenvalue weighted by Crippen LogP contribution is -2.46. The highest BCUT2D eigenvalue weighted by molar-refractivity contribution is 6.05. The fraction of sp³-hybridized carbons (Fsp3) is 0.429. The number of benzene rings is 1. The Bertz CT molecular complexity index is 783. The molecule has 0 spiro atoms. The van der Waals surface area contributed by atoms with Crippen molar-refractivity contribution in [3.05, 3.63) is 53.9 Å². The van der Waals surface area contributed by atoms with Gasteiger partial charge in [-0.2, -0.15) is 0 Å². The molecule has 0 N–H and O–H groups in total. The van der Waals surface area contributed by atoms with Crippen LogP contribution in [0.2, 0.25) is 0 Å². The van der Waals surface area contributed by atoms with E-state index in [-0.39, 0.29) is 5.91 Å². The Labute approximate surface area is 155 Å². The third-order valence-electron chi connectivity index (χ3n) is 5.50. The second-order valence-corrected chi connectivity index (χ2v) is 7.01. The lowest BCUT2D eigenvalue weighted by molar-refractivity contribution is 0.0980. The maximum absolute atomic E-state index is 13.1. The van der Waals surface area contributed by atoms with Crippen molar-refractivity contribution in [2.45, 2.75) is 19.8 Å². The number of piperazine rings is 1. The van der Waals surface area contributed by atoms with Gasteiger partial charge in [-0.05, 0) is 43.1 Å². The largest absolute Gasteiger partial charge is 0.369 e. The number of amides is 1. The van der Waals surface area contributed by atoms with Gasteiger partial charge < -0.3 is 14.7 Å².